The SMILES string of the molecule is CCOC(=O)N1CCN(C(=O)c2ccnc(NCCCN(C)C)n2)CC1. The molecule has 1 aromatic heterocycles. The second kappa shape index (κ2) is 9.91. The van der Waals surface area contributed by atoms with Crippen LogP contribution in [-0.2, 0) is 4.74 Å². The summed E-state index contributed by atoms with van der Waals surface area (Å²) < 4.78 is 4.99. The van der Waals surface area contributed by atoms with E-state index in [1.165, 1.54) is 0 Å². The Balaban J connectivity index is 1.86. The summed E-state index contributed by atoms with van der Waals surface area (Å²) in [6, 6.07) is 1.62. The fraction of sp³-hybridized carbons (Fsp3) is 0.647. The molecule has 0 spiro atoms. The molecule has 0 unspecified atom stereocenters. The van der Waals surface area contributed by atoms with Crippen molar-refractivity contribution in [3.8, 4) is 0 Å². The van der Waals surface area contributed by atoms with Crippen molar-refractivity contribution in [3.63, 3.8) is 0 Å². The van der Waals surface area contributed by atoms with Crippen molar-refractivity contribution in [2.75, 3.05) is 65.3 Å². The molecule has 2 heterocycles. The van der Waals surface area contributed by atoms with Gasteiger partial charge in [-0.2, -0.15) is 0 Å². The van der Waals surface area contributed by atoms with Gasteiger partial charge < -0.3 is 24.8 Å². The van der Waals surface area contributed by atoms with Gasteiger partial charge in [0.1, 0.15) is 5.69 Å². The Morgan fingerprint density at radius 3 is 2.58 bits per heavy atom. The standard InChI is InChI=1S/C17H28N6O3/c1-4-26-17(25)23-12-10-22(11-13-23)15(24)14-6-8-19-16(20-14)18-7-5-9-21(2)3/h6,8H,4-5,7,9-13H2,1-3H3,(H,18,19,20). The van der Waals surface area contributed by atoms with E-state index in [1.807, 2.05) is 14.1 Å². The molecule has 26 heavy (non-hydrogen) atoms. The lowest BCUT2D eigenvalue weighted by Crippen LogP contribution is -2.50. The maximum absolute atomic E-state index is 12.6. The quantitative estimate of drug-likeness (QED) is 0.714. The number of carbonyl (C=O) groups is 2. The van der Waals surface area contributed by atoms with Crippen molar-refractivity contribution in [2.45, 2.75) is 13.3 Å². The number of aromatic nitrogens is 2. The minimum atomic E-state index is -0.328. The van der Waals surface area contributed by atoms with E-state index in [2.05, 4.69) is 20.2 Å². The third-order valence-corrected chi connectivity index (χ3v) is 4.03. The van der Waals surface area contributed by atoms with E-state index >= 15 is 0 Å². The molecule has 2 amide bonds. The second-order valence-corrected chi connectivity index (χ2v) is 6.33. The number of nitrogens with zero attached hydrogens (tertiary/aromatic N) is 5. The fourth-order valence-corrected chi connectivity index (χ4v) is 2.63. The Morgan fingerprint density at radius 1 is 1.23 bits per heavy atom. The largest absolute Gasteiger partial charge is 0.450 e. The van der Waals surface area contributed by atoms with Crippen molar-refractivity contribution >= 4 is 17.9 Å². The Hall–Kier alpha value is -2.42. The number of nitrogens with one attached hydrogen (secondary N) is 1. The molecule has 0 saturated carbocycles. The van der Waals surface area contributed by atoms with E-state index in [-0.39, 0.29) is 12.0 Å². The first-order valence-corrected chi connectivity index (χ1v) is 8.94. The highest BCUT2D eigenvalue weighted by atomic mass is 16.6. The normalized spacial score (nSPS) is 14.5. The topological polar surface area (TPSA) is 90.9 Å². The molecule has 144 valence electrons. The van der Waals surface area contributed by atoms with Crippen molar-refractivity contribution in [2.24, 2.45) is 0 Å². The van der Waals surface area contributed by atoms with Gasteiger partial charge in [-0.25, -0.2) is 14.8 Å². The Bertz CT molecular complexity index is 602. The van der Waals surface area contributed by atoms with Crippen LogP contribution in [0.3, 0.4) is 0 Å². The van der Waals surface area contributed by atoms with Crippen LogP contribution >= 0.6 is 0 Å². The molecule has 1 aliphatic rings. The number of rotatable bonds is 7. The second-order valence-electron chi connectivity index (χ2n) is 6.33. The molecule has 1 saturated heterocycles. The van der Waals surface area contributed by atoms with Gasteiger partial charge >= 0.3 is 6.09 Å². The summed E-state index contributed by atoms with van der Waals surface area (Å²) in [4.78, 5) is 38.3. The van der Waals surface area contributed by atoms with Crippen LogP contribution in [0, 0.1) is 0 Å². The Kier molecular flexibility index (Phi) is 7.58. The number of piperazine rings is 1. The number of hydrogen-bond acceptors (Lipinski definition) is 7. The third kappa shape index (κ3) is 5.83. The van der Waals surface area contributed by atoms with E-state index in [0.717, 1.165) is 19.5 Å². The van der Waals surface area contributed by atoms with Gasteiger partial charge in [0.2, 0.25) is 5.95 Å². The highest BCUT2D eigenvalue weighted by molar-refractivity contribution is 5.92. The maximum atomic E-state index is 12.6. The first-order valence-electron chi connectivity index (χ1n) is 8.94. The van der Waals surface area contributed by atoms with Gasteiger partial charge in [0, 0.05) is 38.9 Å². The third-order valence-electron chi connectivity index (χ3n) is 4.03. The highest BCUT2D eigenvalue weighted by Gasteiger charge is 2.26. The zero-order valence-electron chi connectivity index (χ0n) is 15.8. The molecule has 1 fully saturated rings. The smallest absolute Gasteiger partial charge is 0.409 e. The minimum absolute atomic E-state index is 0.146. The molecule has 0 radical (unpaired) electrons. The maximum Gasteiger partial charge on any atom is 0.409 e. The van der Waals surface area contributed by atoms with Crippen LogP contribution in [0.2, 0.25) is 0 Å². The minimum Gasteiger partial charge on any atom is -0.450 e. The molecule has 2 rings (SSSR count). The summed E-state index contributed by atoms with van der Waals surface area (Å²) in [5.74, 6) is 0.312. The van der Waals surface area contributed by atoms with Crippen LogP contribution in [0.5, 0.6) is 0 Å². The summed E-state index contributed by atoms with van der Waals surface area (Å²) in [6.45, 7) is 5.70. The van der Waals surface area contributed by atoms with Crippen molar-refractivity contribution in [3.05, 3.63) is 18.0 Å². The zero-order valence-corrected chi connectivity index (χ0v) is 15.8. The van der Waals surface area contributed by atoms with Crippen molar-refractivity contribution in [1.29, 1.82) is 0 Å². The Labute approximate surface area is 154 Å². The molecular formula is C17H28N6O3. The monoisotopic (exact) mass is 364 g/mol. The molecule has 0 aliphatic carbocycles. The van der Waals surface area contributed by atoms with E-state index in [0.29, 0.717) is 44.4 Å². The summed E-state index contributed by atoms with van der Waals surface area (Å²) in [7, 11) is 4.05. The molecule has 0 bridgehead atoms. The van der Waals surface area contributed by atoms with Crippen LogP contribution in [0.15, 0.2) is 12.3 Å². The molecule has 1 N–H and O–H groups in total. The first-order chi connectivity index (χ1) is 12.5. The van der Waals surface area contributed by atoms with Crippen molar-refractivity contribution in [1.82, 2.24) is 24.7 Å². The fourth-order valence-electron chi connectivity index (χ4n) is 2.63. The number of carbonyl (C=O) groups excluding carboxylic acids is 2. The van der Waals surface area contributed by atoms with Crippen LogP contribution in [-0.4, -0.2) is 96.6 Å². The average Bonchev–Trinajstić information content (AvgIpc) is 2.65. The average molecular weight is 364 g/mol. The number of amides is 2. The molecule has 1 aliphatic heterocycles. The summed E-state index contributed by atoms with van der Waals surface area (Å²) in [5, 5.41) is 3.15. The molecule has 1 aromatic rings. The molecule has 9 nitrogen and oxygen atoms in total. The van der Waals surface area contributed by atoms with E-state index in [4.69, 9.17) is 4.74 Å². The van der Waals surface area contributed by atoms with Gasteiger partial charge in [-0.3, -0.25) is 4.79 Å². The van der Waals surface area contributed by atoms with Gasteiger partial charge in [-0.1, -0.05) is 0 Å². The molecule has 9 heteroatoms. The molecule has 0 atom stereocenters. The lowest BCUT2D eigenvalue weighted by Gasteiger charge is -2.33. The van der Waals surface area contributed by atoms with Crippen LogP contribution < -0.4 is 5.32 Å². The van der Waals surface area contributed by atoms with Crippen LogP contribution in [0.1, 0.15) is 23.8 Å². The van der Waals surface area contributed by atoms with Crippen LogP contribution in [0.25, 0.3) is 0 Å². The zero-order chi connectivity index (χ0) is 18.9. The van der Waals surface area contributed by atoms with Gasteiger partial charge in [0.15, 0.2) is 0 Å². The van der Waals surface area contributed by atoms with E-state index < -0.39 is 0 Å². The molecular weight excluding hydrogens is 336 g/mol. The lowest BCUT2D eigenvalue weighted by atomic mass is 10.3. The van der Waals surface area contributed by atoms with Crippen molar-refractivity contribution < 1.29 is 14.3 Å². The van der Waals surface area contributed by atoms with Gasteiger partial charge in [0.05, 0.1) is 6.61 Å². The van der Waals surface area contributed by atoms with E-state index in [1.54, 1.807) is 29.0 Å². The van der Waals surface area contributed by atoms with Gasteiger partial charge in [-0.05, 0) is 40.1 Å². The predicted molar refractivity (Wildman–Crippen MR) is 98.2 cm³/mol. The van der Waals surface area contributed by atoms with E-state index in [9.17, 15) is 9.59 Å². The number of ether oxygens (including phenoxy) is 1. The number of hydrogen-bond donors (Lipinski definition) is 1. The predicted octanol–water partition coefficient (Wildman–Crippen LogP) is 0.755. The molecule has 0 aromatic carbocycles. The summed E-state index contributed by atoms with van der Waals surface area (Å²) in [5.41, 5.74) is 0.361. The summed E-state index contributed by atoms with van der Waals surface area (Å²) >= 11 is 0. The first kappa shape index (κ1) is 19.9. The summed E-state index contributed by atoms with van der Waals surface area (Å²) in [6.07, 6.45) is 2.22. The van der Waals surface area contributed by atoms with Gasteiger partial charge in [0.25, 0.3) is 5.91 Å². The van der Waals surface area contributed by atoms with Gasteiger partial charge in [-0.15, -0.1) is 0 Å². The number of anilines is 1. The lowest BCUT2D eigenvalue weighted by molar-refractivity contribution is 0.0566. The highest BCUT2D eigenvalue weighted by Crippen LogP contribution is 2.09. The Morgan fingerprint density at radius 2 is 1.92 bits per heavy atom. The van der Waals surface area contributed by atoms with Crippen LogP contribution in [0.4, 0.5) is 10.7 Å².